The van der Waals surface area contributed by atoms with Crippen LogP contribution in [0.1, 0.15) is 72.1 Å². The second kappa shape index (κ2) is 13.4. The molecule has 0 aromatic heterocycles. The smallest absolute Gasteiger partial charge is 0.726 e. The van der Waals surface area contributed by atoms with E-state index >= 15 is 0 Å². The van der Waals surface area contributed by atoms with Gasteiger partial charge in [-0.25, -0.2) is 8.42 Å². The zero-order valence-electron chi connectivity index (χ0n) is 23.7. The number of amides is 1. The Balaban J connectivity index is 0.00000267. The maximum atomic E-state index is 12.0. The van der Waals surface area contributed by atoms with Crippen molar-refractivity contribution < 1.29 is 101 Å². The molecule has 0 unspecified atom stereocenters. The average molecular weight is 591 g/mol. The zero-order chi connectivity index (χ0) is 27.3. The van der Waals surface area contributed by atoms with Gasteiger partial charge in [0.15, 0.2) is 0 Å². The predicted octanol–water partition coefficient (Wildman–Crippen LogP) is -5.36. The molecule has 0 saturated heterocycles. The Hall–Kier alpha value is 0.470. The van der Waals surface area contributed by atoms with Gasteiger partial charge < -0.3 is 30.0 Å². The van der Waals surface area contributed by atoms with E-state index in [1.807, 2.05) is 6.08 Å². The molecule has 0 aromatic carbocycles. The summed E-state index contributed by atoms with van der Waals surface area (Å²) in [5.74, 6) is -1.34. The van der Waals surface area contributed by atoms with Crippen LogP contribution in [-0.2, 0) is 24.2 Å². The third-order valence-corrected chi connectivity index (χ3v) is 11.0. The number of hydrogen-bond acceptors (Lipinski definition) is 9. The summed E-state index contributed by atoms with van der Waals surface area (Å²) in [5.41, 5.74) is 0.156. The second-order valence-electron chi connectivity index (χ2n) is 12.2. The molecule has 0 radical (unpaired) electrons. The standard InChI is InChI=1S/C26H41NO9S.2Na/c1-14(4-7-22(30)27-13-23(31)32)17-5-6-18-24-19(12-21(29)26(17,18)3)25(2)9-8-16(36-37(33,34)35)10-15(25)11-20(24)28;;/h11,14,16-21,24,28-29H,4-10,12-13H2,1-3H3,(H,27,30)(H,31,32)(H,33,34,35);;/q;2*+1/p-2/t14-,16+,17-,18+,19+,20-,21+,24+,25+,26-;;/m1../s1/i13+1,23+1,27+1;;. The largest absolute Gasteiger partial charge is 1.00 e. The number of aliphatic hydroxyl groups excluding tert-OH is 2. The van der Waals surface area contributed by atoms with Crippen molar-refractivity contribution in [2.24, 2.45) is 40.4 Å². The first-order valence-electron chi connectivity index (χ1n) is 13.3. The fourth-order valence-corrected chi connectivity index (χ4v) is 9.11. The summed E-state index contributed by atoms with van der Waals surface area (Å²) < 4.78 is 38.2. The molecule has 10 nitrogen and oxygen atoms in total. The molecule has 1 amide bonds. The number of rotatable bonds is 8. The summed E-state index contributed by atoms with van der Waals surface area (Å²) in [6, 6.07) is 0. The minimum absolute atomic E-state index is 0. The number of hydrogen-bond donors (Lipinski definition) is 3. The topological polar surface area (TPSA) is 176 Å². The minimum Gasteiger partial charge on any atom is -0.726 e. The zero-order valence-corrected chi connectivity index (χ0v) is 28.5. The van der Waals surface area contributed by atoms with E-state index in [1.165, 1.54) is 0 Å². The number of carboxylic acids is 1. The van der Waals surface area contributed by atoms with Gasteiger partial charge in [0.05, 0.1) is 30.8 Å². The van der Waals surface area contributed by atoms with Gasteiger partial charge in [0.2, 0.25) is 16.3 Å². The van der Waals surface area contributed by atoms with E-state index in [0.29, 0.717) is 25.7 Å². The van der Waals surface area contributed by atoms with E-state index in [-0.39, 0.29) is 113 Å². The summed E-state index contributed by atoms with van der Waals surface area (Å²) in [6.45, 7) is 5.80. The summed E-state index contributed by atoms with van der Waals surface area (Å²) in [4.78, 5) is 22.6. The van der Waals surface area contributed by atoms with Crippen LogP contribution in [0.4, 0.5) is 0 Å². The molecule has 3 fully saturated rings. The Morgan fingerprint density at radius 1 is 1.18 bits per heavy atom. The molecule has 0 spiro atoms. The Kier molecular flexibility index (Phi) is 12.3. The van der Waals surface area contributed by atoms with Crippen LogP contribution >= 0.6 is 0 Å². The molecule has 3 saturated carbocycles. The Morgan fingerprint density at radius 2 is 1.85 bits per heavy atom. The molecule has 4 rings (SSSR count). The SMILES string of the molecule is C[C@H](CCC(=O)[15NH][13CH2][13C](=O)[O-])[C@H]1CC[C@H]2[C@@H]3[C@H](O)C=C4C[C@@H](OS(=O)(=O)[O-])CC[C@]4(C)[C@H]3C[C@H](O)[C@]12C.[Na+].[Na+]. The van der Waals surface area contributed by atoms with Crippen molar-refractivity contribution in [2.45, 2.75) is 90.4 Å². The van der Waals surface area contributed by atoms with Crippen LogP contribution in [0, 0.1) is 40.4 Å². The maximum Gasteiger partial charge on any atom is 1.00 e. The molecule has 0 aromatic rings. The van der Waals surface area contributed by atoms with Gasteiger partial charge in [0.1, 0.15) is 0 Å². The van der Waals surface area contributed by atoms with E-state index in [2.05, 4.69) is 26.1 Å². The van der Waals surface area contributed by atoms with Gasteiger partial charge in [0.25, 0.3) is 0 Å². The van der Waals surface area contributed by atoms with Gasteiger partial charge in [-0.05, 0) is 85.4 Å². The van der Waals surface area contributed by atoms with Gasteiger partial charge in [-0.15, -0.1) is 0 Å². The van der Waals surface area contributed by atoms with Crippen LogP contribution in [0.5, 0.6) is 0 Å². The molecular weight excluding hydrogens is 551 g/mol. The van der Waals surface area contributed by atoms with Crippen LogP contribution in [0.25, 0.3) is 0 Å². The Bertz CT molecular complexity index is 1060. The number of carbonyl (C=O) groups is 2. The van der Waals surface area contributed by atoms with E-state index < -0.39 is 46.6 Å². The fourth-order valence-electron chi connectivity index (χ4n) is 8.62. The van der Waals surface area contributed by atoms with Crippen LogP contribution in [-0.4, -0.2) is 59.9 Å². The third-order valence-electron chi connectivity index (χ3n) is 10.5. The molecule has 4 aliphatic carbocycles. The number of carboxylic acid groups (broad SMARTS) is 1. The molecule has 4 aliphatic rings. The van der Waals surface area contributed by atoms with Gasteiger partial charge in [-0.2, -0.15) is 0 Å². The number of nitrogens with one attached hydrogen (secondary N) is 1. The first-order valence-corrected chi connectivity index (χ1v) is 14.7. The van der Waals surface area contributed by atoms with Crippen molar-refractivity contribution in [3.8, 4) is 0 Å². The van der Waals surface area contributed by atoms with E-state index in [9.17, 15) is 37.9 Å². The van der Waals surface area contributed by atoms with E-state index in [1.54, 1.807) is 0 Å². The summed E-state index contributed by atoms with van der Waals surface area (Å²) in [6.07, 6.45) is 4.10. The fraction of sp³-hybridized carbons (Fsp3) is 0.846. The van der Waals surface area contributed by atoms with Crippen molar-refractivity contribution >= 4 is 22.3 Å². The number of aliphatic carboxylic acids is 1. The van der Waals surface area contributed by atoms with Crippen LogP contribution < -0.4 is 69.5 Å². The molecule has 0 heterocycles. The normalized spacial score (nSPS) is 39.9. The van der Waals surface area contributed by atoms with Gasteiger partial charge in [-0.1, -0.05) is 32.4 Å². The molecule has 10 atom stereocenters. The first-order chi connectivity index (χ1) is 17.2. The minimum atomic E-state index is -4.81. The Morgan fingerprint density at radius 3 is 2.46 bits per heavy atom. The van der Waals surface area contributed by atoms with Crippen molar-refractivity contribution in [1.29, 1.82) is 0 Å². The van der Waals surface area contributed by atoms with Crippen molar-refractivity contribution in [1.82, 2.24) is 5.32 Å². The molecule has 0 bridgehead atoms. The van der Waals surface area contributed by atoms with Crippen molar-refractivity contribution in [2.75, 3.05) is 6.54 Å². The number of aliphatic hydroxyl groups is 2. The molecule has 210 valence electrons. The summed E-state index contributed by atoms with van der Waals surface area (Å²) >= 11 is 0. The van der Waals surface area contributed by atoms with Crippen molar-refractivity contribution in [3.63, 3.8) is 0 Å². The van der Waals surface area contributed by atoms with Gasteiger partial charge >= 0.3 is 59.1 Å². The molecular formula is C26H39NNa2O9S. The van der Waals surface area contributed by atoms with Crippen LogP contribution in [0.15, 0.2) is 11.6 Å². The predicted molar refractivity (Wildman–Crippen MR) is 129 cm³/mol. The van der Waals surface area contributed by atoms with Gasteiger partial charge in [0, 0.05) is 6.42 Å². The molecule has 3 N–H and O–H groups in total. The first kappa shape index (κ1) is 35.7. The van der Waals surface area contributed by atoms with Crippen LogP contribution in [0.3, 0.4) is 0 Å². The third kappa shape index (κ3) is 7.17. The second-order valence-corrected chi connectivity index (χ2v) is 13.2. The quantitative estimate of drug-likeness (QED) is 0.0622. The average Bonchev–Trinajstić information content (AvgIpc) is 3.15. The summed E-state index contributed by atoms with van der Waals surface area (Å²) in [5, 5.41) is 35.9. The maximum absolute atomic E-state index is 12.0. The number of fused-ring (bicyclic) bond motifs is 5. The monoisotopic (exact) mass is 590 g/mol. The van der Waals surface area contributed by atoms with Gasteiger partial charge in [-0.3, -0.25) is 8.98 Å². The van der Waals surface area contributed by atoms with Crippen LogP contribution in [0.2, 0.25) is 0 Å². The van der Waals surface area contributed by atoms with Crippen molar-refractivity contribution in [3.05, 3.63) is 11.6 Å². The van der Waals surface area contributed by atoms with E-state index in [4.69, 9.17) is 4.18 Å². The molecule has 39 heavy (non-hydrogen) atoms. The molecule has 0 aliphatic heterocycles. The summed E-state index contributed by atoms with van der Waals surface area (Å²) in [7, 11) is -4.81. The number of carbonyl (C=O) groups excluding carboxylic acids is 2. The van der Waals surface area contributed by atoms with E-state index in [0.717, 1.165) is 18.4 Å². The Labute approximate surface area is 275 Å². The molecule has 13 heteroatoms.